The highest BCUT2D eigenvalue weighted by Crippen LogP contribution is 2.40. The van der Waals surface area contributed by atoms with Crippen LogP contribution in [0.25, 0.3) is 127 Å². The molecule has 0 aliphatic carbocycles. The molecule has 0 amide bonds. The van der Waals surface area contributed by atoms with Crippen molar-refractivity contribution in [2.24, 2.45) is 0 Å². The van der Waals surface area contributed by atoms with Gasteiger partial charge in [-0.05, 0) is 90.0 Å². The Morgan fingerprint density at radius 1 is 0.348 bits per heavy atom. The Hall–Kier alpha value is -9.07. The van der Waals surface area contributed by atoms with Crippen molar-refractivity contribution < 1.29 is 4.42 Å². The summed E-state index contributed by atoms with van der Waals surface area (Å²) in [7, 11) is 0. The number of benzene rings is 9. The van der Waals surface area contributed by atoms with Crippen molar-refractivity contribution >= 4 is 87.4 Å². The molecular formula is C59H35N5O2. The lowest BCUT2D eigenvalue weighted by Crippen LogP contribution is -2.21. The molecule has 5 heterocycles. The van der Waals surface area contributed by atoms with Crippen molar-refractivity contribution in [3.8, 4) is 39.7 Å². The summed E-state index contributed by atoms with van der Waals surface area (Å²) in [4.78, 5) is 26.0. The zero-order valence-electron chi connectivity index (χ0n) is 35.3. The molecule has 9 aromatic carbocycles. The summed E-state index contributed by atoms with van der Waals surface area (Å²) in [6.07, 6.45) is 0. The van der Waals surface area contributed by atoms with Crippen LogP contribution in [0.5, 0.6) is 0 Å². The molecule has 0 fully saturated rings. The number of furan rings is 1. The zero-order chi connectivity index (χ0) is 43.5. The second-order valence-electron chi connectivity index (χ2n) is 16.9. The van der Waals surface area contributed by atoms with Crippen molar-refractivity contribution in [2.75, 3.05) is 0 Å². The van der Waals surface area contributed by atoms with E-state index in [0.717, 1.165) is 88.1 Å². The van der Waals surface area contributed by atoms with Crippen LogP contribution in [0.4, 0.5) is 0 Å². The molecule has 0 unspecified atom stereocenters. The van der Waals surface area contributed by atoms with E-state index in [-0.39, 0.29) is 5.56 Å². The van der Waals surface area contributed by atoms with Gasteiger partial charge in [0.1, 0.15) is 11.2 Å². The van der Waals surface area contributed by atoms with Crippen LogP contribution >= 0.6 is 0 Å². The van der Waals surface area contributed by atoms with Gasteiger partial charge in [-0.2, -0.15) is 4.98 Å². The summed E-state index contributed by atoms with van der Waals surface area (Å²) < 4.78 is 12.5. The van der Waals surface area contributed by atoms with Gasteiger partial charge in [-0.1, -0.05) is 133 Å². The fraction of sp³-hybridized carbons (Fsp3) is 0. The Bertz CT molecular complexity index is 4370. The Morgan fingerprint density at radius 3 is 1.61 bits per heavy atom. The number of pyridine rings is 1. The zero-order valence-corrected chi connectivity index (χ0v) is 35.3. The standard InChI is InChI=1S/C59H35N5O2/c65-58-45-23-8-7-22-44(45)55-56(36-15-3-1-4-16-36)60-59(61-57(55)63(58)40-29-32-54-48(35-40)43-21-11-14-26-53(43)66-54)64-50-25-13-10-20-42(50)47-34-38(28-31-52(47)64)37-27-30-51-46(33-37)41-19-9-12-24-49(41)62(51)39-17-5-2-6-18-39/h1-35H. The summed E-state index contributed by atoms with van der Waals surface area (Å²) in [6.45, 7) is 0. The third-order valence-corrected chi connectivity index (χ3v) is 13.3. The number of fused-ring (bicyclic) bond motifs is 12. The summed E-state index contributed by atoms with van der Waals surface area (Å²) in [5, 5.41) is 8.65. The first-order chi connectivity index (χ1) is 32.7. The second kappa shape index (κ2) is 14.0. The molecule has 14 aromatic rings. The predicted molar refractivity (Wildman–Crippen MR) is 269 cm³/mol. The van der Waals surface area contributed by atoms with Crippen molar-refractivity contribution in [1.82, 2.24) is 23.7 Å². The molecule has 0 N–H and O–H groups in total. The molecule has 0 aliphatic heterocycles. The molecule has 0 atom stereocenters. The van der Waals surface area contributed by atoms with Gasteiger partial charge in [-0.25, -0.2) is 4.98 Å². The predicted octanol–water partition coefficient (Wildman–Crippen LogP) is 14.4. The Morgan fingerprint density at radius 2 is 0.894 bits per heavy atom. The fourth-order valence-corrected chi connectivity index (χ4v) is 10.3. The lowest BCUT2D eigenvalue weighted by molar-refractivity contribution is 0.669. The molecule has 0 spiro atoms. The molecule has 66 heavy (non-hydrogen) atoms. The molecule has 308 valence electrons. The first-order valence-electron chi connectivity index (χ1n) is 22.1. The van der Waals surface area contributed by atoms with Gasteiger partial charge in [0.15, 0.2) is 5.65 Å². The van der Waals surface area contributed by atoms with Crippen LogP contribution in [-0.2, 0) is 0 Å². The van der Waals surface area contributed by atoms with Crippen LogP contribution in [0.3, 0.4) is 0 Å². The van der Waals surface area contributed by atoms with E-state index < -0.39 is 0 Å². The first-order valence-corrected chi connectivity index (χ1v) is 22.1. The van der Waals surface area contributed by atoms with Crippen LogP contribution in [-0.4, -0.2) is 23.7 Å². The Labute approximate surface area is 376 Å². The molecule has 0 saturated carbocycles. The minimum atomic E-state index is -0.162. The molecule has 7 heteroatoms. The van der Waals surface area contributed by atoms with E-state index in [2.05, 4.69) is 143 Å². The lowest BCUT2D eigenvalue weighted by atomic mass is 10.0. The number of hydrogen-bond donors (Lipinski definition) is 0. The van der Waals surface area contributed by atoms with Gasteiger partial charge in [0.2, 0.25) is 5.95 Å². The summed E-state index contributed by atoms with van der Waals surface area (Å²) in [6, 6.07) is 73.0. The van der Waals surface area contributed by atoms with E-state index in [1.807, 2.05) is 78.9 Å². The van der Waals surface area contributed by atoms with Gasteiger partial charge >= 0.3 is 0 Å². The number of para-hydroxylation sites is 4. The minimum Gasteiger partial charge on any atom is -0.456 e. The van der Waals surface area contributed by atoms with E-state index in [4.69, 9.17) is 14.4 Å². The van der Waals surface area contributed by atoms with Gasteiger partial charge in [-0.3, -0.25) is 13.9 Å². The van der Waals surface area contributed by atoms with E-state index in [0.29, 0.717) is 22.7 Å². The third-order valence-electron chi connectivity index (χ3n) is 13.3. The van der Waals surface area contributed by atoms with Crippen molar-refractivity contribution in [3.63, 3.8) is 0 Å². The van der Waals surface area contributed by atoms with Crippen molar-refractivity contribution in [1.29, 1.82) is 0 Å². The summed E-state index contributed by atoms with van der Waals surface area (Å²) in [5.41, 5.74) is 11.9. The fourth-order valence-electron chi connectivity index (χ4n) is 10.3. The normalized spacial score (nSPS) is 12.0. The quantitative estimate of drug-likeness (QED) is 0.162. The van der Waals surface area contributed by atoms with E-state index in [1.165, 1.54) is 16.3 Å². The third kappa shape index (κ3) is 5.28. The smallest absolute Gasteiger partial charge is 0.264 e. The topological polar surface area (TPSA) is 70.8 Å². The average molecular weight is 846 g/mol. The van der Waals surface area contributed by atoms with Crippen LogP contribution < -0.4 is 5.56 Å². The molecule has 7 nitrogen and oxygen atoms in total. The van der Waals surface area contributed by atoms with Crippen LogP contribution in [0, 0.1) is 0 Å². The van der Waals surface area contributed by atoms with Crippen LogP contribution in [0.15, 0.2) is 222 Å². The van der Waals surface area contributed by atoms with Crippen molar-refractivity contribution in [2.45, 2.75) is 0 Å². The van der Waals surface area contributed by atoms with E-state index in [9.17, 15) is 0 Å². The van der Waals surface area contributed by atoms with Gasteiger partial charge < -0.3 is 8.98 Å². The van der Waals surface area contributed by atoms with Gasteiger partial charge in [0.25, 0.3) is 5.56 Å². The maximum absolute atomic E-state index is 15.0. The molecule has 0 radical (unpaired) electrons. The molecule has 0 saturated heterocycles. The monoisotopic (exact) mass is 845 g/mol. The number of hydrogen-bond acceptors (Lipinski definition) is 4. The lowest BCUT2D eigenvalue weighted by Gasteiger charge is -2.17. The highest BCUT2D eigenvalue weighted by Gasteiger charge is 2.24. The van der Waals surface area contributed by atoms with E-state index >= 15 is 4.79 Å². The summed E-state index contributed by atoms with van der Waals surface area (Å²) >= 11 is 0. The molecule has 14 rings (SSSR count). The van der Waals surface area contributed by atoms with Crippen molar-refractivity contribution in [3.05, 3.63) is 223 Å². The number of rotatable bonds is 5. The second-order valence-corrected chi connectivity index (χ2v) is 16.9. The SMILES string of the molecule is O=c1c2ccccc2c2c(-c3ccccc3)nc(-n3c4ccccc4c4cc(-c5ccc6c(c5)c5ccccc5n6-c5ccccc5)ccc43)nc2n1-c1ccc2oc3ccccc3c2c1. The number of nitrogens with zero attached hydrogens (tertiary/aromatic N) is 5. The molecule has 5 aromatic heterocycles. The Kier molecular flexibility index (Phi) is 7.71. The highest BCUT2D eigenvalue weighted by molar-refractivity contribution is 6.14. The number of aromatic nitrogens is 5. The first kappa shape index (κ1) is 36.4. The maximum Gasteiger partial charge on any atom is 0.264 e. The largest absolute Gasteiger partial charge is 0.456 e. The van der Waals surface area contributed by atoms with Gasteiger partial charge in [0, 0.05) is 54.3 Å². The Balaban J connectivity index is 1.03. The minimum absolute atomic E-state index is 0.162. The van der Waals surface area contributed by atoms with E-state index in [1.54, 1.807) is 4.57 Å². The molecular weight excluding hydrogens is 811 g/mol. The average Bonchev–Trinajstić information content (AvgIpc) is 4.04. The molecule has 0 bridgehead atoms. The summed E-state index contributed by atoms with van der Waals surface area (Å²) in [5.74, 6) is 0.466. The highest BCUT2D eigenvalue weighted by atomic mass is 16.3. The van der Waals surface area contributed by atoms with Gasteiger partial charge in [-0.15, -0.1) is 0 Å². The molecule has 0 aliphatic rings. The maximum atomic E-state index is 15.0. The van der Waals surface area contributed by atoms with Crippen LogP contribution in [0.1, 0.15) is 0 Å². The van der Waals surface area contributed by atoms with Gasteiger partial charge in [0.05, 0.1) is 38.8 Å². The van der Waals surface area contributed by atoms with Crippen LogP contribution in [0.2, 0.25) is 0 Å².